The molecule has 0 fully saturated rings. The molecule has 0 unspecified atom stereocenters. The highest BCUT2D eigenvalue weighted by molar-refractivity contribution is 5.51. The average molecular weight is 783 g/mol. The number of nitrogens with zero attached hydrogens (tertiary/aromatic N) is 2. The van der Waals surface area contributed by atoms with Gasteiger partial charge in [-0.2, -0.15) is 0 Å². The molecule has 9 heteroatoms. The van der Waals surface area contributed by atoms with Crippen molar-refractivity contribution in [3.8, 4) is 29.4 Å². The summed E-state index contributed by atoms with van der Waals surface area (Å²) in [4.78, 5) is 54.7. The molecular formula is C48H70N4O5. The molecule has 1 aromatic carbocycles. The molecule has 0 aliphatic carbocycles. The molecule has 3 rings (SSSR count). The summed E-state index contributed by atoms with van der Waals surface area (Å²) < 4.78 is 9.28. The van der Waals surface area contributed by atoms with Gasteiger partial charge in [-0.3, -0.25) is 28.7 Å². The summed E-state index contributed by atoms with van der Waals surface area (Å²) in [5.41, 5.74) is -0.00122. The molecule has 0 saturated heterocycles. The van der Waals surface area contributed by atoms with E-state index in [1.54, 1.807) is 0 Å². The maximum atomic E-state index is 12.7. The van der Waals surface area contributed by atoms with E-state index in [0.717, 1.165) is 64.2 Å². The van der Waals surface area contributed by atoms with Crippen LogP contribution in [0.15, 0.2) is 49.5 Å². The van der Waals surface area contributed by atoms with E-state index in [1.165, 1.54) is 111 Å². The first-order chi connectivity index (χ1) is 27.8. The Kier molecular flexibility index (Phi) is 23.7. The summed E-state index contributed by atoms with van der Waals surface area (Å²) in [5.74, 6) is 13.0. The number of nitrogens with one attached hydrogen (secondary N) is 2. The van der Waals surface area contributed by atoms with Crippen molar-refractivity contribution in [2.24, 2.45) is 0 Å². The number of hydrogen-bond donors (Lipinski definition) is 2. The van der Waals surface area contributed by atoms with E-state index >= 15 is 0 Å². The Morgan fingerprint density at radius 2 is 0.789 bits per heavy atom. The largest absolute Gasteiger partial charge is 0.494 e. The van der Waals surface area contributed by atoms with E-state index in [4.69, 9.17) is 4.74 Å². The normalized spacial score (nSPS) is 10.9. The van der Waals surface area contributed by atoms with Crippen LogP contribution in [0.5, 0.6) is 5.75 Å². The molecule has 9 nitrogen and oxygen atoms in total. The zero-order valence-corrected chi connectivity index (χ0v) is 35.4. The van der Waals surface area contributed by atoms with Crippen LogP contribution in [0.1, 0.15) is 197 Å². The van der Waals surface area contributed by atoms with Gasteiger partial charge in [0.15, 0.2) is 0 Å². The van der Waals surface area contributed by atoms with Crippen molar-refractivity contribution in [3.63, 3.8) is 0 Å². The molecule has 57 heavy (non-hydrogen) atoms. The van der Waals surface area contributed by atoms with Crippen molar-refractivity contribution in [2.75, 3.05) is 6.61 Å². The van der Waals surface area contributed by atoms with Crippen molar-refractivity contribution in [3.05, 3.63) is 94.5 Å². The zero-order valence-electron chi connectivity index (χ0n) is 35.4. The molecule has 0 saturated carbocycles. The maximum absolute atomic E-state index is 12.7. The summed E-state index contributed by atoms with van der Waals surface area (Å²) in [6, 6.07) is 8.23. The summed E-state index contributed by atoms with van der Waals surface area (Å²) in [6.07, 6.45) is 28.7. The van der Waals surface area contributed by atoms with Gasteiger partial charge in [0.25, 0.3) is 11.1 Å². The number of H-pyrrole nitrogens is 2. The second-order valence-electron chi connectivity index (χ2n) is 15.5. The molecule has 312 valence electrons. The first-order valence-corrected chi connectivity index (χ1v) is 22.3. The van der Waals surface area contributed by atoms with Crippen LogP contribution < -0.4 is 27.2 Å². The van der Waals surface area contributed by atoms with Gasteiger partial charge in [-0.25, -0.2) is 9.59 Å². The SMILES string of the molecule is CCCCCCCCCCCCCCCCCCOc1cc(C#Cc2cc(=O)[nH]c(=O)n2CCCCCC)cc(C#Cc2cc(=O)[nH]c(=O)n2CCCCCC)c1. The fraction of sp³-hybridized carbons (Fsp3) is 0.625. The highest BCUT2D eigenvalue weighted by atomic mass is 16.5. The molecule has 2 N–H and O–H groups in total. The van der Waals surface area contributed by atoms with E-state index in [-0.39, 0.29) is 0 Å². The van der Waals surface area contributed by atoms with Gasteiger partial charge in [0.05, 0.1) is 6.61 Å². The first-order valence-electron chi connectivity index (χ1n) is 22.3. The molecule has 0 aliphatic heterocycles. The predicted molar refractivity (Wildman–Crippen MR) is 234 cm³/mol. The highest BCUT2D eigenvalue weighted by Crippen LogP contribution is 2.19. The molecule has 3 aromatic rings. The van der Waals surface area contributed by atoms with Gasteiger partial charge in [-0.05, 0) is 49.3 Å². The Hall–Kier alpha value is -4.50. The lowest BCUT2D eigenvalue weighted by Crippen LogP contribution is -2.31. The van der Waals surface area contributed by atoms with Gasteiger partial charge in [-0.1, -0.05) is 167 Å². The number of ether oxygens (including phenoxy) is 1. The number of rotatable bonds is 28. The third kappa shape index (κ3) is 19.5. The van der Waals surface area contributed by atoms with Crippen LogP contribution >= 0.6 is 0 Å². The standard InChI is InChI=1S/C48H70N4O5/c1-4-7-10-13-14-15-16-17-18-19-20-21-22-23-24-27-34-57-44-36-40(28-30-42-38-45(53)49-47(55)51(42)32-25-11-8-5-2)35-41(37-44)29-31-43-39-46(54)50-48(56)52(43)33-26-12-9-6-3/h35-39H,4-27,32-34H2,1-3H3,(H,49,53,55)(H,50,54,56). The van der Waals surface area contributed by atoms with Crippen molar-refractivity contribution >= 4 is 0 Å². The number of unbranched alkanes of at least 4 members (excludes halogenated alkanes) is 21. The summed E-state index contributed by atoms with van der Waals surface area (Å²) >= 11 is 0. The average Bonchev–Trinajstić information content (AvgIpc) is 3.19. The fourth-order valence-corrected chi connectivity index (χ4v) is 7.02. The fourth-order valence-electron chi connectivity index (χ4n) is 7.02. The number of aromatic amines is 2. The monoisotopic (exact) mass is 783 g/mol. The van der Waals surface area contributed by atoms with E-state index in [9.17, 15) is 19.2 Å². The lowest BCUT2D eigenvalue weighted by atomic mass is 10.0. The lowest BCUT2D eigenvalue weighted by molar-refractivity contribution is 0.304. The Morgan fingerprint density at radius 3 is 1.18 bits per heavy atom. The van der Waals surface area contributed by atoms with Crippen LogP contribution in [-0.4, -0.2) is 25.7 Å². The summed E-state index contributed by atoms with van der Waals surface area (Å²) in [6.45, 7) is 8.03. The topological polar surface area (TPSA) is 119 Å². The van der Waals surface area contributed by atoms with Gasteiger partial charge < -0.3 is 4.74 Å². The van der Waals surface area contributed by atoms with Crippen LogP contribution in [0, 0.1) is 23.7 Å². The second kappa shape index (κ2) is 28.8. The van der Waals surface area contributed by atoms with Gasteiger partial charge in [0, 0.05) is 36.3 Å². The van der Waals surface area contributed by atoms with Crippen LogP contribution in [0.3, 0.4) is 0 Å². The minimum absolute atomic E-state index is 0.350. The highest BCUT2D eigenvalue weighted by Gasteiger charge is 2.07. The van der Waals surface area contributed by atoms with E-state index in [0.29, 0.717) is 48.0 Å². The molecule has 0 amide bonds. The predicted octanol–water partition coefficient (Wildman–Crippen LogP) is 9.99. The Labute approximate surface area is 341 Å². The van der Waals surface area contributed by atoms with Crippen LogP contribution in [0.4, 0.5) is 0 Å². The third-order valence-electron chi connectivity index (χ3n) is 10.4. The van der Waals surface area contributed by atoms with Gasteiger partial charge in [0.1, 0.15) is 17.1 Å². The molecule has 0 bridgehead atoms. The number of aromatic nitrogens is 4. The third-order valence-corrected chi connectivity index (χ3v) is 10.4. The summed E-state index contributed by atoms with van der Waals surface area (Å²) in [7, 11) is 0. The van der Waals surface area contributed by atoms with Crippen molar-refractivity contribution in [1.29, 1.82) is 0 Å². The van der Waals surface area contributed by atoms with E-state index in [1.807, 2.05) is 18.2 Å². The van der Waals surface area contributed by atoms with Gasteiger partial charge in [-0.15, -0.1) is 0 Å². The van der Waals surface area contributed by atoms with Crippen molar-refractivity contribution in [2.45, 2.75) is 188 Å². The minimum Gasteiger partial charge on any atom is -0.494 e. The zero-order chi connectivity index (χ0) is 40.9. The first kappa shape index (κ1) is 46.9. The van der Waals surface area contributed by atoms with Crippen LogP contribution in [0.25, 0.3) is 0 Å². The van der Waals surface area contributed by atoms with Crippen LogP contribution in [-0.2, 0) is 13.1 Å². The van der Waals surface area contributed by atoms with Gasteiger partial charge in [0.2, 0.25) is 0 Å². The molecule has 0 spiro atoms. The molecular weight excluding hydrogens is 713 g/mol. The maximum Gasteiger partial charge on any atom is 0.329 e. The quantitative estimate of drug-likeness (QED) is 0.0562. The minimum atomic E-state index is -0.491. The Balaban J connectivity index is 1.68. The van der Waals surface area contributed by atoms with Crippen LogP contribution in [0.2, 0.25) is 0 Å². The number of hydrogen-bond acceptors (Lipinski definition) is 5. The smallest absolute Gasteiger partial charge is 0.329 e. The second-order valence-corrected chi connectivity index (χ2v) is 15.5. The molecule has 2 heterocycles. The molecule has 0 atom stereocenters. The molecule has 2 aromatic heterocycles. The number of benzene rings is 1. The van der Waals surface area contributed by atoms with Crippen molar-refractivity contribution in [1.82, 2.24) is 19.1 Å². The lowest BCUT2D eigenvalue weighted by Gasteiger charge is -2.09. The van der Waals surface area contributed by atoms with E-state index in [2.05, 4.69) is 54.4 Å². The summed E-state index contributed by atoms with van der Waals surface area (Å²) in [5, 5.41) is 0. The Bertz CT molecular complexity index is 1840. The molecule has 0 aliphatic rings. The van der Waals surface area contributed by atoms with E-state index < -0.39 is 22.5 Å². The molecule has 0 radical (unpaired) electrons. The Morgan fingerprint density at radius 1 is 0.439 bits per heavy atom. The van der Waals surface area contributed by atoms with Gasteiger partial charge >= 0.3 is 11.4 Å². The van der Waals surface area contributed by atoms with Crippen molar-refractivity contribution < 1.29 is 4.74 Å².